The second-order valence-corrected chi connectivity index (χ2v) is 5.16. The van der Waals surface area contributed by atoms with E-state index >= 15 is 0 Å². The van der Waals surface area contributed by atoms with Crippen molar-refractivity contribution in [3.8, 4) is 0 Å². The van der Waals surface area contributed by atoms with Crippen molar-refractivity contribution in [1.29, 1.82) is 0 Å². The quantitative estimate of drug-likeness (QED) is 0.846. The SMILES string of the molecule is OCc1cccc(F)c1SCc1ccccc1Cl. The highest BCUT2D eigenvalue weighted by molar-refractivity contribution is 7.98. The molecule has 2 rings (SSSR count). The van der Waals surface area contributed by atoms with E-state index in [1.165, 1.54) is 17.8 Å². The number of benzene rings is 2. The van der Waals surface area contributed by atoms with Crippen LogP contribution in [0.1, 0.15) is 11.1 Å². The Hall–Kier alpha value is -1.03. The molecule has 0 saturated heterocycles. The fourth-order valence-corrected chi connectivity index (χ4v) is 2.96. The Morgan fingerprint density at radius 2 is 1.78 bits per heavy atom. The van der Waals surface area contributed by atoms with Gasteiger partial charge in [-0.1, -0.05) is 41.9 Å². The van der Waals surface area contributed by atoms with Crippen LogP contribution in [-0.2, 0) is 12.4 Å². The molecule has 0 fully saturated rings. The molecule has 0 bridgehead atoms. The molecule has 0 radical (unpaired) electrons. The summed E-state index contributed by atoms with van der Waals surface area (Å²) in [7, 11) is 0. The first kappa shape index (κ1) is 13.4. The molecule has 94 valence electrons. The number of thioether (sulfide) groups is 1. The third kappa shape index (κ3) is 3.05. The zero-order valence-corrected chi connectivity index (χ0v) is 11.1. The third-order valence-electron chi connectivity index (χ3n) is 2.55. The van der Waals surface area contributed by atoms with Crippen LogP contribution in [0.5, 0.6) is 0 Å². The normalized spacial score (nSPS) is 10.6. The average molecular weight is 283 g/mol. The van der Waals surface area contributed by atoms with Gasteiger partial charge in [0, 0.05) is 15.7 Å². The van der Waals surface area contributed by atoms with Crippen LogP contribution in [-0.4, -0.2) is 5.11 Å². The van der Waals surface area contributed by atoms with E-state index in [0.29, 0.717) is 21.2 Å². The van der Waals surface area contributed by atoms with E-state index in [1.54, 1.807) is 12.1 Å². The van der Waals surface area contributed by atoms with E-state index in [4.69, 9.17) is 11.6 Å². The summed E-state index contributed by atoms with van der Waals surface area (Å²) in [6.45, 7) is -0.164. The van der Waals surface area contributed by atoms with Crippen molar-refractivity contribution in [2.24, 2.45) is 0 Å². The van der Waals surface area contributed by atoms with E-state index in [9.17, 15) is 9.50 Å². The van der Waals surface area contributed by atoms with Crippen LogP contribution in [0.15, 0.2) is 47.4 Å². The number of hydrogen-bond acceptors (Lipinski definition) is 2. The van der Waals surface area contributed by atoms with Gasteiger partial charge in [0.1, 0.15) is 5.82 Å². The first-order valence-electron chi connectivity index (χ1n) is 5.47. The Bertz CT molecular complexity index is 545. The van der Waals surface area contributed by atoms with Gasteiger partial charge in [0.05, 0.1) is 6.61 Å². The van der Waals surface area contributed by atoms with Gasteiger partial charge in [-0.05, 0) is 23.3 Å². The average Bonchev–Trinajstić information content (AvgIpc) is 2.39. The lowest BCUT2D eigenvalue weighted by atomic mass is 10.2. The second-order valence-electron chi connectivity index (χ2n) is 3.77. The molecule has 18 heavy (non-hydrogen) atoms. The standard InChI is InChI=1S/C14H12ClFOS/c15-12-6-2-1-4-11(12)9-18-14-10(8-17)5-3-7-13(14)16/h1-7,17H,8-9H2. The predicted molar refractivity (Wildman–Crippen MR) is 73.3 cm³/mol. The van der Waals surface area contributed by atoms with Crippen LogP contribution in [0.25, 0.3) is 0 Å². The van der Waals surface area contributed by atoms with Crippen molar-refractivity contribution >= 4 is 23.4 Å². The molecule has 0 aliphatic rings. The van der Waals surface area contributed by atoms with Crippen molar-refractivity contribution in [3.05, 3.63) is 64.4 Å². The van der Waals surface area contributed by atoms with Gasteiger partial charge in [-0.2, -0.15) is 0 Å². The highest BCUT2D eigenvalue weighted by atomic mass is 35.5. The lowest BCUT2D eigenvalue weighted by Gasteiger charge is -2.09. The minimum Gasteiger partial charge on any atom is -0.392 e. The molecule has 2 aromatic carbocycles. The molecule has 1 N–H and O–H groups in total. The van der Waals surface area contributed by atoms with Crippen LogP contribution < -0.4 is 0 Å². The van der Waals surface area contributed by atoms with E-state index in [0.717, 1.165) is 5.56 Å². The maximum Gasteiger partial charge on any atom is 0.137 e. The number of aliphatic hydroxyl groups is 1. The van der Waals surface area contributed by atoms with Crippen molar-refractivity contribution in [2.75, 3.05) is 0 Å². The van der Waals surface area contributed by atoms with Crippen molar-refractivity contribution in [2.45, 2.75) is 17.3 Å². The van der Waals surface area contributed by atoms with Gasteiger partial charge in [-0.15, -0.1) is 11.8 Å². The van der Waals surface area contributed by atoms with Crippen LogP contribution in [0, 0.1) is 5.82 Å². The summed E-state index contributed by atoms with van der Waals surface area (Å²) < 4.78 is 13.7. The molecule has 0 spiro atoms. The molecular weight excluding hydrogens is 271 g/mol. The highest BCUT2D eigenvalue weighted by Gasteiger charge is 2.09. The van der Waals surface area contributed by atoms with Gasteiger partial charge in [0.25, 0.3) is 0 Å². The fraction of sp³-hybridized carbons (Fsp3) is 0.143. The summed E-state index contributed by atoms with van der Waals surface area (Å²) in [6, 6.07) is 12.2. The van der Waals surface area contributed by atoms with Gasteiger partial charge < -0.3 is 5.11 Å². The largest absolute Gasteiger partial charge is 0.392 e. The Morgan fingerprint density at radius 3 is 2.50 bits per heavy atom. The lowest BCUT2D eigenvalue weighted by Crippen LogP contribution is -1.92. The van der Waals surface area contributed by atoms with Crippen molar-refractivity contribution in [1.82, 2.24) is 0 Å². The van der Waals surface area contributed by atoms with E-state index in [-0.39, 0.29) is 12.4 Å². The minimum atomic E-state index is -0.307. The van der Waals surface area contributed by atoms with Crippen LogP contribution in [0.4, 0.5) is 4.39 Å². The van der Waals surface area contributed by atoms with E-state index < -0.39 is 0 Å². The maximum absolute atomic E-state index is 13.7. The fourth-order valence-electron chi connectivity index (χ4n) is 1.61. The number of rotatable bonds is 4. The zero-order valence-electron chi connectivity index (χ0n) is 9.57. The summed E-state index contributed by atoms with van der Waals surface area (Å²) in [6.07, 6.45) is 0. The number of aliphatic hydroxyl groups excluding tert-OH is 1. The van der Waals surface area contributed by atoms with Crippen molar-refractivity contribution < 1.29 is 9.50 Å². The predicted octanol–water partition coefficient (Wildman–Crippen LogP) is 4.26. The summed E-state index contributed by atoms with van der Waals surface area (Å²) >= 11 is 7.39. The molecule has 0 saturated carbocycles. The van der Waals surface area contributed by atoms with Crippen LogP contribution >= 0.6 is 23.4 Å². The topological polar surface area (TPSA) is 20.2 Å². The Morgan fingerprint density at radius 1 is 1.06 bits per heavy atom. The van der Waals surface area contributed by atoms with Crippen LogP contribution in [0.3, 0.4) is 0 Å². The highest BCUT2D eigenvalue weighted by Crippen LogP contribution is 2.31. The van der Waals surface area contributed by atoms with Gasteiger partial charge >= 0.3 is 0 Å². The minimum absolute atomic E-state index is 0.164. The maximum atomic E-state index is 13.7. The zero-order chi connectivity index (χ0) is 13.0. The van der Waals surface area contributed by atoms with E-state index in [2.05, 4.69) is 0 Å². The van der Waals surface area contributed by atoms with Gasteiger partial charge in [-0.3, -0.25) is 0 Å². The molecule has 4 heteroatoms. The summed E-state index contributed by atoms with van der Waals surface area (Å²) in [5, 5.41) is 9.86. The van der Waals surface area contributed by atoms with Gasteiger partial charge in [0.2, 0.25) is 0 Å². The molecule has 1 nitrogen and oxygen atoms in total. The molecule has 0 amide bonds. The molecule has 0 aliphatic carbocycles. The smallest absolute Gasteiger partial charge is 0.137 e. The molecule has 0 heterocycles. The first-order chi connectivity index (χ1) is 8.72. The summed E-state index contributed by atoms with van der Waals surface area (Å²) in [4.78, 5) is 0.486. The third-order valence-corrected chi connectivity index (χ3v) is 4.12. The molecule has 0 aliphatic heterocycles. The Balaban J connectivity index is 2.18. The monoisotopic (exact) mass is 282 g/mol. The summed E-state index contributed by atoms with van der Waals surface area (Å²) in [5.41, 5.74) is 1.56. The number of halogens is 2. The Labute approximate surface area is 115 Å². The Kier molecular flexibility index (Phi) is 4.64. The van der Waals surface area contributed by atoms with Crippen LogP contribution in [0.2, 0.25) is 5.02 Å². The molecule has 0 atom stereocenters. The van der Waals surface area contributed by atoms with Gasteiger partial charge in [0.15, 0.2) is 0 Å². The number of hydrogen-bond donors (Lipinski definition) is 1. The molecular formula is C14H12ClFOS. The first-order valence-corrected chi connectivity index (χ1v) is 6.83. The lowest BCUT2D eigenvalue weighted by molar-refractivity contribution is 0.277. The van der Waals surface area contributed by atoms with Crippen molar-refractivity contribution in [3.63, 3.8) is 0 Å². The van der Waals surface area contributed by atoms with Gasteiger partial charge in [-0.25, -0.2) is 4.39 Å². The van der Waals surface area contributed by atoms with E-state index in [1.807, 2.05) is 24.3 Å². The molecule has 2 aromatic rings. The summed E-state index contributed by atoms with van der Waals surface area (Å²) in [5.74, 6) is 0.270. The molecule has 0 unspecified atom stereocenters. The molecule has 0 aromatic heterocycles. The second kappa shape index (κ2) is 6.23.